The summed E-state index contributed by atoms with van der Waals surface area (Å²) in [4.78, 5) is 37.8. The quantitative estimate of drug-likeness (QED) is 0.783. The number of aromatic amines is 1. The van der Waals surface area contributed by atoms with E-state index in [2.05, 4.69) is 10.3 Å². The third-order valence-corrected chi connectivity index (χ3v) is 3.82. The Balaban J connectivity index is 2.45. The molecule has 2 unspecified atom stereocenters. The Bertz CT molecular complexity index is 815. The molecule has 0 bridgehead atoms. The molecule has 1 aromatic carbocycles. The summed E-state index contributed by atoms with van der Waals surface area (Å²) >= 11 is 0. The van der Waals surface area contributed by atoms with E-state index in [0.29, 0.717) is 11.8 Å². The van der Waals surface area contributed by atoms with E-state index in [1.165, 1.54) is 12.1 Å². The summed E-state index contributed by atoms with van der Waals surface area (Å²) in [5, 5.41) is 12.0. The molecular formula is C16H17FN2O4. The highest BCUT2D eigenvalue weighted by Crippen LogP contribution is 2.17. The molecular weight excluding hydrogens is 303 g/mol. The monoisotopic (exact) mass is 320 g/mol. The summed E-state index contributed by atoms with van der Waals surface area (Å²) in [6, 6.07) is 3.65. The maximum Gasteiger partial charge on any atom is 0.326 e. The molecule has 0 aliphatic rings. The molecule has 6 nitrogen and oxygen atoms in total. The van der Waals surface area contributed by atoms with Crippen LogP contribution in [-0.4, -0.2) is 28.0 Å². The van der Waals surface area contributed by atoms with Crippen molar-refractivity contribution >= 4 is 22.8 Å². The Morgan fingerprint density at radius 1 is 1.35 bits per heavy atom. The topological polar surface area (TPSA) is 99.3 Å². The zero-order chi connectivity index (χ0) is 17.1. The van der Waals surface area contributed by atoms with Crippen LogP contribution in [0.2, 0.25) is 0 Å². The van der Waals surface area contributed by atoms with Crippen molar-refractivity contribution in [3.05, 3.63) is 46.0 Å². The van der Waals surface area contributed by atoms with E-state index in [-0.39, 0.29) is 17.0 Å². The van der Waals surface area contributed by atoms with Crippen molar-refractivity contribution in [2.24, 2.45) is 5.92 Å². The van der Waals surface area contributed by atoms with Crippen LogP contribution in [0.15, 0.2) is 29.1 Å². The first-order valence-corrected chi connectivity index (χ1v) is 7.19. The van der Waals surface area contributed by atoms with Gasteiger partial charge < -0.3 is 15.4 Å². The van der Waals surface area contributed by atoms with Crippen LogP contribution in [0.25, 0.3) is 10.9 Å². The number of hydrogen-bond acceptors (Lipinski definition) is 3. The normalized spacial score (nSPS) is 13.5. The van der Waals surface area contributed by atoms with Crippen LogP contribution < -0.4 is 10.9 Å². The molecule has 2 aromatic rings. The molecule has 1 aromatic heterocycles. The van der Waals surface area contributed by atoms with Gasteiger partial charge in [0.2, 0.25) is 5.56 Å². The molecule has 0 fully saturated rings. The largest absolute Gasteiger partial charge is 0.480 e. The van der Waals surface area contributed by atoms with Gasteiger partial charge >= 0.3 is 5.97 Å². The first-order valence-electron chi connectivity index (χ1n) is 7.19. The van der Waals surface area contributed by atoms with E-state index < -0.39 is 29.3 Å². The van der Waals surface area contributed by atoms with E-state index in [1.807, 2.05) is 6.92 Å². The van der Waals surface area contributed by atoms with Gasteiger partial charge in [0, 0.05) is 11.5 Å². The van der Waals surface area contributed by atoms with Gasteiger partial charge in [0.1, 0.15) is 11.9 Å². The van der Waals surface area contributed by atoms with E-state index in [1.54, 1.807) is 6.92 Å². The molecule has 0 aliphatic carbocycles. The summed E-state index contributed by atoms with van der Waals surface area (Å²) in [5.41, 5.74) is -0.375. The van der Waals surface area contributed by atoms with Crippen LogP contribution in [-0.2, 0) is 4.79 Å². The van der Waals surface area contributed by atoms with Gasteiger partial charge in [-0.3, -0.25) is 9.59 Å². The predicted molar refractivity (Wildman–Crippen MR) is 82.9 cm³/mol. The van der Waals surface area contributed by atoms with Gasteiger partial charge in [-0.1, -0.05) is 20.3 Å². The highest BCUT2D eigenvalue weighted by molar-refractivity contribution is 6.06. The number of carbonyl (C=O) groups is 2. The molecule has 0 saturated heterocycles. The van der Waals surface area contributed by atoms with Gasteiger partial charge in [-0.2, -0.15) is 0 Å². The zero-order valence-electron chi connectivity index (χ0n) is 12.7. The molecule has 7 heteroatoms. The minimum Gasteiger partial charge on any atom is -0.480 e. The maximum atomic E-state index is 13.3. The van der Waals surface area contributed by atoms with Crippen molar-refractivity contribution in [1.82, 2.24) is 10.3 Å². The number of benzene rings is 1. The van der Waals surface area contributed by atoms with Gasteiger partial charge in [0.25, 0.3) is 5.91 Å². The van der Waals surface area contributed by atoms with Gasteiger partial charge in [-0.05, 0) is 24.1 Å². The fourth-order valence-corrected chi connectivity index (χ4v) is 2.32. The molecule has 0 saturated carbocycles. The maximum absolute atomic E-state index is 13.3. The fourth-order valence-electron chi connectivity index (χ4n) is 2.32. The smallest absolute Gasteiger partial charge is 0.326 e. The number of pyridine rings is 1. The Kier molecular flexibility index (Phi) is 4.78. The third kappa shape index (κ3) is 3.56. The average Bonchev–Trinajstić information content (AvgIpc) is 2.49. The van der Waals surface area contributed by atoms with Crippen molar-refractivity contribution in [3.63, 3.8) is 0 Å². The number of carboxylic acids is 1. The lowest BCUT2D eigenvalue weighted by Crippen LogP contribution is -2.45. The number of nitrogens with one attached hydrogen (secondary N) is 2. The molecule has 1 heterocycles. The zero-order valence-corrected chi connectivity index (χ0v) is 12.7. The van der Waals surface area contributed by atoms with Gasteiger partial charge in [-0.15, -0.1) is 0 Å². The number of aliphatic carboxylic acids is 1. The number of amides is 1. The lowest BCUT2D eigenvalue weighted by Gasteiger charge is -2.20. The van der Waals surface area contributed by atoms with E-state index >= 15 is 0 Å². The third-order valence-electron chi connectivity index (χ3n) is 3.82. The molecule has 122 valence electrons. The molecule has 2 rings (SSSR count). The number of carboxylic acid groups (broad SMARTS) is 1. The van der Waals surface area contributed by atoms with Crippen LogP contribution in [0.5, 0.6) is 0 Å². The number of hydrogen-bond donors (Lipinski definition) is 3. The van der Waals surface area contributed by atoms with E-state index in [4.69, 9.17) is 0 Å². The number of halogens is 1. The number of carbonyl (C=O) groups excluding carboxylic acids is 1. The minimum absolute atomic E-state index is 0.0123. The highest BCUT2D eigenvalue weighted by atomic mass is 19.1. The second kappa shape index (κ2) is 6.60. The van der Waals surface area contributed by atoms with E-state index in [9.17, 15) is 23.9 Å². The van der Waals surface area contributed by atoms with Crippen molar-refractivity contribution in [1.29, 1.82) is 0 Å². The lowest BCUT2D eigenvalue weighted by molar-refractivity contribution is -0.140. The number of aromatic nitrogens is 1. The van der Waals surface area contributed by atoms with Gasteiger partial charge in [0.15, 0.2) is 0 Å². The standard InChI is InChI=1S/C16H17FN2O4/c1-3-8(2)14(16(22)23)19-15(21)11-7-13(20)18-12-6-9(17)4-5-10(11)12/h4-8,14H,3H2,1-2H3,(H,18,20)(H,19,21)(H,22,23). The summed E-state index contributed by atoms with van der Waals surface area (Å²) in [6.07, 6.45) is 0.568. The summed E-state index contributed by atoms with van der Waals surface area (Å²) in [7, 11) is 0. The molecule has 0 radical (unpaired) electrons. The minimum atomic E-state index is -1.15. The molecule has 0 aliphatic heterocycles. The number of fused-ring (bicyclic) bond motifs is 1. The molecule has 3 N–H and O–H groups in total. The average molecular weight is 320 g/mol. The van der Waals surface area contributed by atoms with Crippen LogP contribution in [0, 0.1) is 11.7 Å². The van der Waals surface area contributed by atoms with Gasteiger partial charge in [0.05, 0.1) is 11.1 Å². The molecule has 1 amide bonds. The highest BCUT2D eigenvalue weighted by Gasteiger charge is 2.26. The Morgan fingerprint density at radius 2 is 2.04 bits per heavy atom. The van der Waals surface area contributed by atoms with Crippen LogP contribution in [0.4, 0.5) is 4.39 Å². The van der Waals surface area contributed by atoms with Crippen molar-refractivity contribution < 1.29 is 19.1 Å². The lowest BCUT2D eigenvalue weighted by atomic mass is 9.98. The second-order valence-electron chi connectivity index (χ2n) is 5.41. The van der Waals surface area contributed by atoms with Crippen molar-refractivity contribution in [3.8, 4) is 0 Å². The number of H-pyrrole nitrogens is 1. The Morgan fingerprint density at radius 3 is 2.65 bits per heavy atom. The molecule has 23 heavy (non-hydrogen) atoms. The summed E-state index contributed by atoms with van der Waals surface area (Å²) in [5.74, 6) is -2.65. The first-order chi connectivity index (χ1) is 10.8. The first kappa shape index (κ1) is 16.7. The molecule has 2 atom stereocenters. The SMILES string of the molecule is CCC(C)C(NC(=O)c1cc(=O)[nH]c2cc(F)ccc12)C(=O)O. The van der Waals surface area contributed by atoms with Crippen molar-refractivity contribution in [2.75, 3.05) is 0 Å². The summed E-state index contributed by atoms with van der Waals surface area (Å²) in [6.45, 7) is 3.53. The fraction of sp³-hybridized carbons (Fsp3) is 0.312. The predicted octanol–water partition coefficient (Wildman–Crippen LogP) is 1.90. The Labute approximate surface area is 131 Å². The number of rotatable bonds is 5. The second-order valence-corrected chi connectivity index (χ2v) is 5.41. The van der Waals surface area contributed by atoms with Crippen LogP contribution in [0.3, 0.4) is 0 Å². The Hall–Kier alpha value is -2.70. The summed E-state index contributed by atoms with van der Waals surface area (Å²) < 4.78 is 13.3. The van der Waals surface area contributed by atoms with E-state index in [0.717, 1.165) is 12.1 Å². The van der Waals surface area contributed by atoms with Crippen LogP contribution >= 0.6 is 0 Å². The molecule has 0 spiro atoms. The van der Waals surface area contributed by atoms with Crippen molar-refractivity contribution in [2.45, 2.75) is 26.3 Å². The van der Waals surface area contributed by atoms with Gasteiger partial charge in [-0.25, -0.2) is 9.18 Å². The van der Waals surface area contributed by atoms with Crippen LogP contribution in [0.1, 0.15) is 30.6 Å².